The first-order valence-corrected chi connectivity index (χ1v) is 10.6. The summed E-state index contributed by atoms with van der Waals surface area (Å²) in [5.41, 5.74) is 1.96. The summed E-state index contributed by atoms with van der Waals surface area (Å²) in [6.45, 7) is 2.36. The molecule has 0 unspecified atom stereocenters. The molecule has 3 aromatic rings. The zero-order chi connectivity index (χ0) is 21.0. The number of carbonyl (C=O) groups excluding carboxylic acids is 1. The third-order valence-electron chi connectivity index (χ3n) is 3.95. The minimum Gasteiger partial charge on any atom is -0.495 e. The van der Waals surface area contributed by atoms with E-state index in [1.807, 2.05) is 18.4 Å². The van der Waals surface area contributed by atoms with Crippen molar-refractivity contribution in [2.45, 2.75) is 6.92 Å². The van der Waals surface area contributed by atoms with Crippen LogP contribution >= 0.6 is 38.9 Å². The van der Waals surface area contributed by atoms with Crippen LogP contribution in [0.2, 0.25) is 5.02 Å². The van der Waals surface area contributed by atoms with Crippen molar-refractivity contribution >= 4 is 49.9 Å². The molecule has 3 rings (SSSR count). The molecule has 0 saturated carbocycles. The first-order valence-electron chi connectivity index (χ1n) is 8.58. The third kappa shape index (κ3) is 4.83. The van der Waals surface area contributed by atoms with E-state index in [9.17, 15) is 4.79 Å². The first-order chi connectivity index (χ1) is 14.0. The van der Waals surface area contributed by atoms with Crippen molar-refractivity contribution in [1.82, 2.24) is 4.98 Å². The molecule has 0 aliphatic heterocycles. The van der Waals surface area contributed by atoms with Crippen LogP contribution in [0, 0.1) is 0 Å². The number of nitrogens with one attached hydrogen (secondary N) is 1. The lowest BCUT2D eigenvalue weighted by Gasteiger charge is -2.13. The summed E-state index contributed by atoms with van der Waals surface area (Å²) in [5, 5.41) is 5.63. The van der Waals surface area contributed by atoms with E-state index in [1.165, 1.54) is 18.4 Å². The normalized spacial score (nSPS) is 10.5. The van der Waals surface area contributed by atoms with Gasteiger partial charge in [-0.05, 0) is 53.2 Å². The Labute approximate surface area is 185 Å². The molecule has 0 atom stereocenters. The highest BCUT2D eigenvalue weighted by molar-refractivity contribution is 9.10. The number of ether oxygens (including phenoxy) is 3. The van der Waals surface area contributed by atoms with Crippen LogP contribution in [0.1, 0.15) is 17.3 Å². The molecule has 0 aliphatic rings. The molecule has 152 valence electrons. The van der Waals surface area contributed by atoms with Crippen LogP contribution in [-0.2, 0) is 0 Å². The van der Waals surface area contributed by atoms with Crippen molar-refractivity contribution in [3.05, 3.63) is 50.8 Å². The van der Waals surface area contributed by atoms with Crippen LogP contribution in [0.25, 0.3) is 11.3 Å². The fraction of sp³-hybridized carbons (Fsp3) is 0.200. The zero-order valence-corrected chi connectivity index (χ0v) is 19.1. The van der Waals surface area contributed by atoms with E-state index in [0.29, 0.717) is 49.7 Å². The lowest BCUT2D eigenvalue weighted by Crippen LogP contribution is -2.12. The average Bonchev–Trinajstić information content (AvgIpc) is 3.17. The van der Waals surface area contributed by atoms with Crippen LogP contribution in [0.5, 0.6) is 17.2 Å². The van der Waals surface area contributed by atoms with Gasteiger partial charge in [-0.1, -0.05) is 11.6 Å². The Morgan fingerprint density at radius 1 is 1.21 bits per heavy atom. The third-order valence-corrected chi connectivity index (χ3v) is 5.59. The van der Waals surface area contributed by atoms with Crippen molar-refractivity contribution in [2.75, 3.05) is 26.1 Å². The molecule has 29 heavy (non-hydrogen) atoms. The monoisotopic (exact) mass is 496 g/mol. The molecule has 0 aliphatic carbocycles. The van der Waals surface area contributed by atoms with Crippen molar-refractivity contribution < 1.29 is 19.0 Å². The number of anilines is 1. The Morgan fingerprint density at radius 3 is 2.62 bits per heavy atom. The van der Waals surface area contributed by atoms with Gasteiger partial charge in [0, 0.05) is 16.5 Å². The Bertz CT molecular complexity index is 1040. The summed E-state index contributed by atoms with van der Waals surface area (Å²) in [7, 11) is 3.09. The smallest absolute Gasteiger partial charge is 0.257 e. The van der Waals surface area contributed by atoms with E-state index < -0.39 is 0 Å². The van der Waals surface area contributed by atoms with Gasteiger partial charge in [0.05, 0.1) is 36.0 Å². The minimum absolute atomic E-state index is 0.305. The van der Waals surface area contributed by atoms with Gasteiger partial charge in [-0.2, -0.15) is 0 Å². The molecule has 1 aromatic heterocycles. The number of halogens is 2. The maximum Gasteiger partial charge on any atom is 0.257 e. The maximum atomic E-state index is 12.7. The molecule has 0 radical (unpaired) electrons. The molecule has 0 spiro atoms. The van der Waals surface area contributed by atoms with E-state index >= 15 is 0 Å². The number of hydrogen-bond acceptors (Lipinski definition) is 6. The van der Waals surface area contributed by atoms with Crippen LogP contribution in [-0.4, -0.2) is 31.7 Å². The topological polar surface area (TPSA) is 69.7 Å². The molecule has 0 fully saturated rings. The van der Waals surface area contributed by atoms with Crippen LogP contribution in [0.4, 0.5) is 5.13 Å². The van der Waals surface area contributed by atoms with Crippen LogP contribution in [0.15, 0.2) is 40.2 Å². The Morgan fingerprint density at radius 2 is 1.97 bits per heavy atom. The Kier molecular flexibility index (Phi) is 7.00. The number of thiazole rings is 1. The van der Waals surface area contributed by atoms with Crippen molar-refractivity contribution in [3.8, 4) is 28.5 Å². The largest absolute Gasteiger partial charge is 0.495 e. The van der Waals surface area contributed by atoms with E-state index in [2.05, 4.69) is 26.2 Å². The SMILES string of the molecule is CCOc1c(Br)cc(C(=O)Nc2nc(-c3ccc(OC)c(Cl)c3)cs2)cc1OC. The predicted molar refractivity (Wildman–Crippen MR) is 119 cm³/mol. The van der Waals surface area contributed by atoms with Crippen LogP contribution in [0.3, 0.4) is 0 Å². The molecule has 1 N–H and O–H groups in total. The summed E-state index contributed by atoms with van der Waals surface area (Å²) in [5.74, 6) is 1.31. The number of methoxy groups -OCH3 is 2. The van der Waals surface area contributed by atoms with Crippen LogP contribution < -0.4 is 19.5 Å². The van der Waals surface area contributed by atoms with E-state index in [0.717, 1.165) is 5.56 Å². The molecule has 6 nitrogen and oxygen atoms in total. The Balaban J connectivity index is 1.80. The number of nitrogens with zero attached hydrogens (tertiary/aromatic N) is 1. The number of aromatic nitrogens is 1. The van der Waals surface area contributed by atoms with Gasteiger partial charge in [-0.25, -0.2) is 4.98 Å². The Hall–Kier alpha value is -2.29. The fourth-order valence-electron chi connectivity index (χ4n) is 2.59. The first kappa shape index (κ1) is 21.4. The molecule has 0 bridgehead atoms. The highest BCUT2D eigenvalue weighted by Gasteiger charge is 2.17. The summed E-state index contributed by atoms with van der Waals surface area (Å²) in [6.07, 6.45) is 0. The van der Waals surface area contributed by atoms with Crippen molar-refractivity contribution in [1.29, 1.82) is 0 Å². The second kappa shape index (κ2) is 9.47. The van der Waals surface area contributed by atoms with E-state index in [1.54, 1.807) is 31.4 Å². The average molecular weight is 498 g/mol. The van der Waals surface area contributed by atoms with E-state index in [-0.39, 0.29) is 5.91 Å². The van der Waals surface area contributed by atoms with Gasteiger partial charge in [0.2, 0.25) is 0 Å². The van der Waals surface area contributed by atoms with Gasteiger partial charge in [0.15, 0.2) is 16.6 Å². The molecule has 2 aromatic carbocycles. The highest BCUT2D eigenvalue weighted by Crippen LogP contribution is 2.37. The standard InChI is InChI=1S/C20H18BrClN2O4S/c1-4-28-18-13(21)7-12(9-17(18)27-3)19(25)24-20-23-15(10-29-20)11-5-6-16(26-2)14(22)8-11/h5-10H,4H2,1-3H3,(H,23,24,25). The second-order valence-corrected chi connectivity index (χ2v) is 7.88. The summed E-state index contributed by atoms with van der Waals surface area (Å²) in [6, 6.07) is 8.72. The molecular formula is C20H18BrClN2O4S. The molecule has 1 heterocycles. The fourth-order valence-corrected chi connectivity index (χ4v) is 4.12. The lowest BCUT2D eigenvalue weighted by molar-refractivity contribution is 0.102. The molecule has 9 heteroatoms. The summed E-state index contributed by atoms with van der Waals surface area (Å²) < 4.78 is 16.7. The number of benzene rings is 2. The number of amides is 1. The number of carbonyl (C=O) groups is 1. The van der Waals surface area contributed by atoms with Gasteiger partial charge < -0.3 is 14.2 Å². The van der Waals surface area contributed by atoms with Gasteiger partial charge >= 0.3 is 0 Å². The van der Waals surface area contributed by atoms with Gasteiger partial charge in [0.25, 0.3) is 5.91 Å². The second-order valence-electron chi connectivity index (χ2n) is 5.76. The van der Waals surface area contributed by atoms with Gasteiger partial charge in [-0.15, -0.1) is 11.3 Å². The molecular weight excluding hydrogens is 480 g/mol. The van der Waals surface area contributed by atoms with Crippen molar-refractivity contribution in [2.24, 2.45) is 0 Å². The van der Waals surface area contributed by atoms with Crippen molar-refractivity contribution in [3.63, 3.8) is 0 Å². The lowest BCUT2D eigenvalue weighted by atomic mass is 10.2. The van der Waals surface area contributed by atoms with E-state index in [4.69, 9.17) is 25.8 Å². The zero-order valence-electron chi connectivity index (χ0n) is 15.9. The van der Waals surface area contributed by atoms with Gasteiger partial charge in [0.1, 0.15) is 5.75 Å². The molecule has 0 saturated heterocycles. The predicted octanol–water partition coefficient (Wildman–Crippen LogP) is 5.89. The minimum atomic E-state index is -0.305. The molecule has 1 amide bonds. The maximum absolute atomic E-state index is 12.7. The summed E-state index contributed by atoms with van der Waals surface area (Å²) in [4.78, 5) is 17.2. The summed E-state index contributed by atoms with van der Waals surface area (Å²) >= 11 is 10.9. The number of rotatable bonds is 7. The van der Waals surface area contributed by atoms with Gasteiger partial charge in [-0.3, -0.25) is 10.1 Å². The number of hydrogen-bond donors (Lipinski definition) is 1. The quantitative estimate of drug-likeness (QED) is 0.440. The highest BCUT2D eigenvalue weighted by atomic mass is 79.9.